The van der Waals surface area contributed by atoms with Crippen molar-refractivity contribution in [3.8, 4) is 5.75 Å². The van der Waals surface area contributed by atoms with Crippen LogP contribution in [0.1, 0.15) is 5.56 Å². The van der Waals surface area contributed by atoms with E-state index in [2.05, 4.69) is 4.74 Å². The highest BCUT2D eigenvalue weighted by atomic mass is 35.5. The Hall–Kier alpha value is -1.11. The molecule has 0 fully saturated rings. The molecule has 0 heterocycles. The van der Waals surface area contributed by atoms with Gasteiger partial charge in [0.2, 0.25) is 0 Å². The van der Waals surface area contributed by atoms with E-state index in [9.17, 15) is 26.3 Å². The van der Waals surface area contributed by atoms with Crippen LogP contribution in [0.25, 0.3) is 0 Å². The minimum atomic E-state index is -4.95. The van der Waals surface area contributed by atoms with Crippen molar-refractivity contribution in [1.29, 1.82) is 0 Å². The summed E-state index contributed by atoms with van der Waals surface area (Å²) in [5, 5.41) is -1.10. The normalized spacial score (nSPS) is 12.0. The molecule has 0 aliphatic heterocycles. The molecule has 1 aromatic rings. The van der Waals surface area contributed by atoms with E-state index in [-0.39, 0.29) is 6.07 Å². The zero-order valence-electron chi connectivity index (χ0n) is 7.29. The van der Waals surface area contributed by atoms with Crippen LogP contribution in [0.3, 0.4) is 0 Å². The minimum Gasteiger partial charge on any atom is -0.433 e. The number of hydrogen-bond donors (Lipinski definition) is 0. The first-order valence-corrected chi connectivity index (χ1v) is 4.10. The molecule has 0 unspecified atom stereocenters. The molecule has 8 heteroatoms. The van der Waals surface area contributed by atoms with Crippen molar-refractivity contribution < 1.29 is 31.1 Å². The summed E-state index contributed by atoms with van der Waals surface area (Å²) in [7, 11) is 0. The van der Waals surface area contributed by atoms with Gasteiger partial charge in [-0.2, -0.15) is 22.0 Å². The van der Waals surface area contributed by atoms with Crippen LogP contribution in [-0.4, -0.2) is 6.61 Å². The van der Waals surface area contributed by atoms with Crippen LogP contribution >= 0.6 is 11.6 Å². The lowest BCUT2D eigenvalue weighted by atomic mass is 10.2. The van der Waals surface area contributed by atoms with E-state index >= 15 is 0 Å². The predicted molar refractivity (Wildman–Crippen MR) is 43.0 cm³/mol. The fourth-order valence-corrected chi connectivity index (χ4v) is 1.21. The summed E-state index contributed by atoms with van der Waals surface area (Å²) in [6, 6.07) is 0.449. The Balaban J connectivity index is 3.26. The maximum Gasteiger partial charge on any atom is 0.418 e. The van der Waals surface area contributed by atoms with Crippen LogP contribution < -0.4 is 4.74 Å². The molecular weight excluding hydrogens is 262 g/mol. The zero-order valence-corrected chi connectivity index (χ0v) is 8.04. The second-order valence-electron chi connectivity index (χ2n) is 2.64. The molecule has 0 amide bonds. The van der Waals surface area contributed by atoms with Crippen molar-refractivity contribution in [3.63, 3.8) is 0 Å². The summed E-state index contributed by atoms with van der Waals surface area (Å²) in [6.07, 6.45) is -4.95. The first kappa shape index (κ1) is 13.0. The molecule has 0 radical (unpaired) electrons. The number of ether oxygens (including phenoxy) is 1. The Kier molecular flexibility index (Phi) is 3.57. The van der Waals surface area contributed by atoms with Crippen LogP contribution in [0, 0.1) is 5.82 Å². The lowest BCUT2D eigenvalue weighted by Crippen LogP contribution is -2.09. The standard InChI is InChI=1S/C8H3ClF6O/c9-6-4(8(13,14)15)1-3(10)2-5(6)16-7(11)12/h1-2,7H. The Morgan fingerprint density at radius 3 is 2.19 bits per heavy atom. The van der Waals surface area contributed by atoms with Gasteiger partial charge < -0.3 is 4.74 Å². The molecule has 1 aromatic carbocycles. The Bertz CT molecular complexity index is 389. The van der Waals surface area contributed by atoms with E-state index in [0.29, 0.717) is 6.07 Å². The number of alkyl halides is 5. The Morgan fingerprint density at radius 1 is 1.19 bits per heavy atom. The van der Waals surface area contributed by atoms with Crippen molar-refractivity contribution >= 4 is 11.6 Å². The SMILES string of the molecule is Fc1cc(OC(F)F)c(Cl)c(C(F)(F)F)c1. The second-order valence-corrected chi connectivity index (χ2v) is 3.02. The molecule has 16 heavy (non-hydrogen) atoms. The van der Waals surface area contributed by atoms with Gasteiger partial charge in [0.15, 0.2) is 0 Å². The van der Waals surface area contributed by atoms with Gasteiger partial charge in [0.25, 0.3) is 0 Å². The average molecular weight is 265 g/mol. The van der Waals surface area contributed by atoms with Crippen molar-refractivity contribution in [1.82, 2.24) is 0 Å². The first-order chi connectivity index (χ1) is 7.21. The highest BCUT2D eigenvalue weighted by molar-refractivity contribution is 6.32. The maximum atomic E-state index is 12.7. The number of benzene rings is 1. The minimum absolute atomic E-state index is 0.0979. The van der Waals surface area contributed by atoms with Gasteiger partial charge in [-0.15, -0.1) is 0 Å². The molecular formula is C8H3ClF6O. The third-order valence-corrected chi connectivity index (χ3v) is 1.92. The fraction of sp³-hybridized carbons (Fsp3) is 0.250. The van der Waals surface area contributed by atoms with Crippen LogP contribution in [0.5, 0.6) is 5.75 Å². The smallest absolute Gasteiger partial charge is 0.418 e. The maximum absolute atomic E-state index is 12.7. The average Bonchev–Trinajstić information content (AvgIpc) is 2.07. The summed E-state index contributed by atoms with van der Waals surface area (Å²) in [5.41, 5.74) is -1.56. The van der Waals surface area contributed by atoms with Gasteiger partial charge in [-0.05, 0) is 6.07 Å². The molecule has 90 valence electrons. The molecule has 1 nitrogen and oxygen atoms in total. The van der Waals surface area contributed by atoms with Gasteiger partial charge in [-0.25, -0.2) is 4.39 Å². The molecule has 0 spiro atoms. The van der Waals surface area contributed by atoms with Crippen LogP contribution in [0.2, 0.25) is 5.02 Å². The molecule has 1 rings (SSSR count). The molecule has 0 aliphatic rings. The summed E-state index contributed by atoms with van der Waals surface area (Å²) >= 11 is 5.16. The molecule has 0 saturated carbocycles. The van der Waals surface area contributed by atoms with Crippen LogP contribution in [-0.2, 0) is 6.18 Å². The fourth-order valence-electron chi connectivity index (χ4n) is 0.952. The lowest BCUT2D eigenvalue weighted by Gasteiger charge is -2.13. The Morgan fingerprint density at radius 2 is 1.75 bits per heavy atom. The van der Waals surface area contributed by atoms with Gasteiger partial charge in [-0.1, -0.05) is 11.6 Å². The van der Waals surface area contributed by atoms with E-state index in [1.807, 2.05) is 0 Å². The van der Waals surface area contributed by atoms with E-state index in [1.165, 1.54) is 0 Å². The monoisotopic (exact) mass is 264 g/mol. The van der Waals surface area contributed by atoms with Gasteiger partial charge in [0.1, 0.15) is 11.6 Å². The van der Waals surface area contributed by atoms with Crippen LogP contribution in [0.15, 0.2) is 12.1 Å². The first-order valence-electron chi connectivity index (χ1n) is 3.73. The van der Waals surface area contributed by atoms with Crippen molar-refractivity contribution in [2.24, 2.45) is 0 Å². The predicted octanol–water partition coefficient (Wildman–Crippen LogP) is 4.10. The highest BCUT2D eigenvalue weighted by Crippen LogP contribution is 2.40. The highest BCUT2D eigenvalue weighted by Gasteiger charge is 2.35. The zero-order chi connectivity index (χ0) is 12.5. The summed E-state index contributed by atoms with van der Waals surface area (Å²) in [6.45, 7) is -3.39. The number of rotatable bonds is 2. The van der Waals surface area contributed by atoms with E-state index in [1.54, 1.807) is 0 Å². The second kappa shape index (κ2) is 4.40. The van der Waals surface area contributed by atoms with Gasteiger partial charge >= 0.3 is 12.8 Å². The van der Waals surface area contributed by atoms with Crippen LogP contribution in [0.4, 0.5) is 26.3 Å². The number of hydrogen-bond acceptors (Lipinski definition) is 1. The molecule has 0 atom stereocenters. The van der Waals surface area contributed by atoms with Gasteiger partial charge in [-0.3, -0.25) is 0 Å². The topological polar surface area (TPSA) is 9.23 Å². The van der Waals surface area contributed by atoms with E-state index < -0.39 is 34.9 Å². The van der Waals surface area contributed by atoms with E-state index in [4.69, 9.17) is 11.6 Å². The largest absolute Gasteiger partial charge is 0.433 e. The summed E-state index contributed by atoms with van der Waals surface area (Å²) in [5.74, 6) is -2.42. The molecule has 0 aliphatic carbocycles. The van der Waals surface area contributed by atoms with Gasteiger partial charge in [0.05, 0.1) is 10.6 Å². The molecule has 0 bridgehead atoms. The summed E-state index contributed by atoms with van der Waals surface area (Å²) < 4.78 is 76.7. The van der Waals surface area contributed by atoms with Crippen molar-refractivity contribution in [2.75, 3.05) is 0 Å². The molecule has 0 aromatic heterocycles. The summed E-state index contributed by atoms with van der Waals surface area (Å²) in [4.78, 5) is 0. The number of halogens is 7. The van der Waals surface area contributed by atoms with Crippen molar-refractivity contribution in [3.05, 3.63) is 28.5 Å². The molecule has 0 N–H and O–H groups in total. The molecule has 0 saturated heterocycles. The third-order valence-electron chi connectivity index (χ3n) is 1.53. The van der Waals surface area contributed by atoms with Gasteiger partial charge in [0, 0.05) is 6.07 Å². The van der Waals surface area contributed by atoms with E-state index in [0.717, 1.165) is 0 Å². The third kappa shape index (κ3) is 2.94. The van der Waals surface area contributed by atoms with Crippen molar-refractivity contribution in [2.45, 2.75) is 12.8 Å². The lowest BCUT2D eigenvalue weighted by molar-refractivity contribution is -0.138. The quantitative estimate of drug-likeness (QED) is 0.731. The Labute approximate surface area is 90.6 Å².